The predicted octanol–water partition coefficient (Wildman–Crippen LogP) is 3.26. The second-order valence-electron chi connectivity index (χ2n) is 5.93. The van der Waals surface area contributed by atoms with Crippen LogP contribution in [0.2, 0.25) is 0 Å². The molecule has 0 saturated heterocycles. The maximum atomic E-state index is 12.1. The van der Waals surface area contributed by atoms with Crippen molar-refractivity contribution in [2.45, 2.75) is 44.1 Å². The highest BCUT2D eigenvalue weighted by molar-refractivity contribution is 5.93. The first-order chi connectivity index (χ1) is 10.1. The summed E-state index contributed by atoms with van der Waals surface area (Å²) in [5.41, 5.74) is 0.756. The first kappa shape index (κ1) is 14.0. The Hall–Kier alpha value is -1.94. The summed E-state index contributed by atoms with van der Waals surface area (Å²) in [7, 11) is 0. The quantitative estimate of drug-likeness (QED) is 0.909. The number of pyridine rings is 1. The van der Waals surface area contributed by atoms with Crippen LogP contribution in [-0.4, -0.2) is 21.6 Å². The minimum Gasteiger partial charge on any atom is -0.389 e. The number of amides is 1. The Labute approximate surface area is 124 Å². The molecule has 0 spiro atoms. The number of carbonyl (C=O) groups excluding carboxylic acids is 1. The van der Waals surface area contributed by atoms with E-state index in [0.29, 0.717) is 5.69 Å². The number of anilines is 1. The number of hydrogen-bond donors (Lipinski definition) is 2. The van der Waals surface area contributed by atoms with Gasteiger partial charge in [-0.2, -0.15) is 0 Å². The summed E-state index contributed by atoms with van der Waals surface area (Å²) in [5.74, 6) is -0.142. The van der Waals surface area contributed by atoms with Gasteiger partial charge in [0.05, 0.1) is 29.4 Å². The number of nitrogens with zero attached hydrogens (tertiary/aromatic N) is 1. The number of aromatic nitrogens is 1. The fourth-order valence-corrected chi connectivity index (χ4v) is 3.03. The number of fused-ring (bicyclic) bond motifs is 1. The highest BCUT2D eigenvalue weighted by atomic mass is 16.3. The summed E-state index contributed by atoms with van der Waals surface area (Å²) in [5, 5.41) is 14.3. The van der Waals surface area contributed by atoms with Gasteiger partial charge in [0.15, 0.2) is 0 Å². The summed E-state index contributed by atoms with van der Waals surface area (Å²) < 4.78 is 0. The lowest BCUT2D eigenvalue weighted by Gasteiger charge is -2.31. The molecule has 3 rings (SSSR count). The zero-order valence-corrected chi connectivity index (χ0v) is 12.0. The molecule has 0 bridgehead atoms. The second kappa shape index (κ2) is 5.82. The van der Waals surface area contributed by atoms with Crippen molar-refractivity contribution >= 4 is 22.5 Å². The molecule has 0 aliphatic heterocycles. The number of aliphatic hydroxyl groups is 1. The van der Waals surface area contributed by atoms with E-state index in [1.165, 1.54) is 0 Å². The average Bonchev–Trinajstić information content (AvgIpc) is 2.47. The van der Waals surface area contributed by atoms with E-state index in [0.717, 1.165) is 43.0 Å². The molecule has 1 heterocycles. The molecule has 0 radical (unpaired) electrons. The smallest absolute Gasteiger partial charge is 0.227 e. The monoisotopic (exact) mass is 284 g/mol. The Bertz CT molecular complexity index is 648. The van der Waals surface area contributed by atoms with E-state index in [1.54, 1.807) is 6.20 Å². The van der Waals surface area contributed by atoms with Crippen LogP contribution in [0.3, 0.4) is 0 Å². The van der Waals surface area contributed by atoms with Crippen molar-refractivity contribution in [2.24, 2.45) is 0 Å². The van der Waals surface area contributed by atoms with E-state index in [2.05, 4.69) is 10.3 Å². The average molecular weight is 284 g/mol. The standard InChI is InChI=1S/C17H20N2O2/c20-16(11-17(21)8-4-1-5-9-17)19-14-10-13-6-2-3-7-15(13)18-12-14/h2-3,6-7,10,12,21H,1,4-5,8-9,11H2,(H,19,20). The lowest BCUT2D eigenvalue weighted by atomic mass is 9.82. The Morgan fingerprint density at radius 1 is 1.24 bits per heavy atom. The topological polar surface area (TPSA) is 62.2 Å². The van der Waals surface area contributed by atoms with E-state index in [-0.39, 0.29) is 12.3 Å². The van der Waals surface area contributed by atoms with Crippen LogP contribution in [0.4, 0.5) is 5.69 Å². The van der Waals surface area contributed by atoms with E-state index in [1.807, 2.05) is 30.3 Å². The van der Waals surface area contributed by atoms with E-state index in [4.69, 9.17) is 0 Å². The SMILES string of the molecule is O=C(CC1(O)CCCCC1)Nc1cnc2ccccc2c1. The Kier molecular flexibility index (Phi) is 3.88. The molecule has 4 nitrogen and oxygen atoms in total. The number of carbonyl (C=O) groups is 1. The van der Waals surface area contributed by atoms with Gasteiger partial charge in [-0.1, -0.05) is 37.5 Å². The Balaban J connectivity index is 1.68. The molecule has 1 aliphatic carbocycles. The zero-order valence-electron chi connectivity index (χ0n) is 12.0. The number of para-hydroxylation sites is 1. The van der Waals surface area contributed by atoms with Crippen LogP contribution in [0.25, 0.3) is 10.9 Å². The van der Waals surface area contributed by atoms with Gasteiger partial charge in [0.25, 0.3) is 0 Å². The van der Waals surface area contributed by atoms with E-state index < -0.39 is 5.60 Å². The molecule has 4 heteroatoms. The summed E-state index contributed by atoms with van der Waals surface area (Å²) >= 11 is 0. The van der Waals surface area contributed by atoms with Gasteiger partial charge in [-0.25, -0.2) is 0 Å². The fraction of sp³-hybridized carbons (Fsp3) is 0.412. The lowest BCUT2D eigenvalue weighted by Crippen LogP contribution is -2.35. The Morgan fingerprint density at radius 3 is 2.81 bits per heavy atom. The van der Waals surface area contributed by atoms with E-state index in [9.17, 15) is 9.90 Å². The molecule has 1 aromatic carbocycles. The molecule has 1 aliphatic rings. The predicted molar refractivity (Wildman–Crippen MR) is 83.0 cm³/mol. The first-order valence-electron chi connectivity index (χ1n) is 7.52. The minimum absolute atomic E-state index is 0.142. The van der Waals surface area contributed by atoms with Crippen LogP contribution in [0.15, 0.2) is 36.5 Å². The van der Waals surface area contributed by atoms with Crippen molar-refractivity contribution < 1.29 is 9.90 Å². The van der Waals surface area contributed by atoms with Gasteiger partial charge in [-0.3, -0.25) is 9.78 Å². The second-order valence-corrected chi connectivity index (χ2v) is 5.93. The van der Waals surface area contributed by atoms with Crippen molar-refractivity contribution in [3.8, 4) is 0 Å². The molecule has 21 heavy (non-hydrogen) atoms. The maximum absolute atomic E-state index is 12.1. The normalized spacial score (nSPS) is 17.6. The number of hydrogen-bond acceptors (Lipinski definition) is 3. The molecule has 2 aromatic rings. The summed E-state index contributed by atoms with van der Waals surface area (Å²) in [6.45, 7) is 0. The van der Waals surface area contributed by atoms with Crippen molar-refractivity contribution in [1.82, 2.24) is 4.98 Å². The van der Waals surface area contributed by atoms with Crippen molar-refractivity contribution in [3.05, 3.63) is 36.5 Å². The molecular formula is C17H20N2O2. The number of benzene rings is 1. The lowest BCUT2D eigenvalue weighted by molar-refractivity contribution is -0.122. The van der Waals surface area contributed by atoms with Crippen LogP contribution < -0.4 is 5.32 Å². The largest absolute Gasteiger partial charge is 0.389 e. The third-order valence-corrected chi connectivity index (χ3v) is 4.15. The first-order valence-corrected chi connectivity index (χ1v) is 7.52. The highest BCUT2D eigenvalue weighted by Crippen LogP contribution is 2.31. The van der Waals surface area contributed by atoms with Gasteiger partial charge in [0.2, 0.25) is 5.91 Å². The molecule has 1 aromatic heterocycles. The van der Waals surface area contributed by atoms with Crippen molar-refractivity contribution in [1.29, 1.82) is 0 Å². The summed E-state index contributed by atoms with van der Waals surface area (Å²) in [6.07, 6.45) is 6.42. The van der Waals surface area contributed by atoms with Crippen molar-refractivity contribution in [3.63, 3.8) is 0 Å². The summed E-state index contributed by atoms with van der Waals surface area (Å²) in [6, 6.07) is 9.69. The van der Waals surface area contributed by atoms with Gasteiger partial charge >= 0.3 is 0 Å². The summed E-state index contributed by atoms with van der Waals surface area (Å²) in [4.78, 5) is 16.4. The van der Waals surface area contributed by atoms with Crippen LogP contribution in [0.1, 0.15) is 38.5 Å². The van der Waals surface area contributed by atoms with Crippen LogP contribution in [0, 0.1) is 0 Å². The van der Waals surface area contributed by atoms with Gasteiger partial charge in [-0.05, 0) is 25.0 Å². The Morgan fingerprint density at radius 2 is 2.00 bits per heavy atom. The third kappa shape index (κ3) is 3.39. The molecule has 2 N–H and O–H groups in total. The van der Waals surface area contributed by atoms with Crippen molar-refractivity contribution in [2.75, 3.05) is 5.32 Å². The molecule has 1 amide bonds. The molecule has 110 valence electrons. The van der Waals surface area contributed by atoms with Crippen LogP contribution in [0.5, 0.6) is 0 Å². The van der Waals surface area contributed by atoms with Gasteiger partial charge in [0.1, 0.15) is 0 Å². The molecule has 1 fully saturated rings. The minimum atomic E-state index is -0.827. The highest BCUT2D eigenvalue weighted by Gasteiger charge is 2.31. The van der Waals surface area contributed by atoms with Gasteiger partial charge < -0.3 is 10.4 Å². The fourth-order valence-electron chi connectivity index (χ4n) is 3.03. The van der Waals surface area contributed by atoms with Crippen LogP contribution in [-0.2, 0) is 4.79 Å². The molecule has 0 atom stereocenters. The van der Waals surface area contributed by atoms with Gasteiger partial charge in [-0.15, -0.1) is 0 Å². The molecule has 1 saturated carbocycles. The number of nitrogens with one attached hydrogen (secondary N) is 1. The number of rotatable bonds is 3. The van der Waals surface area contributed by atoms with E-state index >= 15 is 0 Å². The van der Waals surface area contributed by atoms with Crippen LogP contribution >= 0.6 is 0 Å². The van der Waals surface area contributed by atoms with Gasteiger partial charge in [0, 0.05) is 5.39 Å². The third-order valence-electron chi connectivity index (χ3n) is 4.15. The molecular weight excluding hydrogens is 264 g/mol. The molecule has 0 unspecified atom stereocenters. The zero-order chi connectivity index (χ0) is 14.7. The maximum Gasteiger partial charge on any atom is 0.227 e.